The smallest absolute Gasteiger partial charge is 0.335 e. The van der Waals surface area contributed by atoms with Crippen LogP contribution in [0.3, 0.4) is 0 Å². The predicted octanol–water partition coefficient (Wildman–Crippen LogP) is 1.65. The summed E-state index contributed by atoms with van der Waals surface area (Å²) in [6.45, 7) is 0. The van der Waals surface area contributed by atoms with Gasteiger partial charge in [0.1, 0.15) is 23.1 Å². The minimum absolute atomic E-state index is 0.0157. The fourth-order valence-corrected chi connectivity index (χ4v) is 1.55. The van der Waals surface area contributed by atoms with E-state index in [0.29, 0.717) is 0 Å². The van der Waals surface area contributed by atoms with Crippen LogP contribution in [-0.4, -0.2) is 20.9 Å². The van der Waals surface area contributed by atoms with Crippen molar-refractivity contribution in [1.82, 2.24) is 9.78 Å². The monoisotopic (exact) mass is 253 g/mol. The maximum atomic E-state index is 13.7. The summed E-state index contributed by atoms with van der Waals surface area (Å²) in [6, 6.07) is 2.79. The summed E-state index contributed by atoms with van der Waals surface area (Å²) in [6.07, 6.45) is 0. The summed E-state index contributed by atoms with van der Waals surface area (Å²) < 4.78 is 28.7. The average Bonchev–Trinajstić information content (AvgIpc) is 2.57. The molecule has 0 fully saturated rings. The molecule has 0 bridgehead atoms. The molecule has 0 saturated carbocycles. The number of carboxylic acids is 1. The Labute approximate surface area is 100 Å². The van der Waals surface area contributed by atoms with E-state index in [4.69, 9.17) is 10.8 Å². The molecule has 5 nitrogen and oxygen atoms in total. The number of aromatic nitrogens is 2. The second-order valence-electron chi connectivity index (χ2n) is 3.70. The van der Waals surface area contributed by atoms with Crippen LogP contribution in [0.5, 0.6) is 0 Å². The van der Waals surface area contributed by atoms with Crippen LogP contribution in [0.1, 0.15) is 10.4 Å². The van der Waals surface area contributed by atoms with Crippen LogP contribution in [0.4, 0.5) is 14.6 Å². The van der Waals surface area contributed by atoms with E-state index in [1.165, 1.54) is 17.8 Å². The third-order valence-electron chi connectivity index (χ3n) is 2.46. The van der Waals surface area contributed by atoms with E-state index in [1.807, 2.05) is 0 Å². The molecule has 0 amide bonds. The molecule has 0 spiro atoms. The largest absolute Gasteiger partial charge is 0.478 e. The first-order valence-corrected chi connectivity index (χ1v) is 4.92. The fourth-order valence-electron chi connectivity index (χ4n) is 1.55. The Kier molecular flexibility index (Phi) is 2.74. The number of nitrogens with two attached hydrogens (primary N) is 1. The van der Waals surface area contributed by atoms with Crippen LogP contribution in [0, 0.1) is 11.6 Å². The van der Waals surface area contributed by atoms with Crippen LogP contribution in [0.2, 0.25) is 0 Å². The quantitative estimate of drug-likeness (QED) is 0.852. The van der Waals surface area contributed by atoms with Gasteiger partial charge < -0.3 is 10.8 Å². The van der Waals surface area contributed by atoms with Crippen molar-refractivity contribution in [3.8, 4) is 11.3 Å². The fraction of sp³-hybridized carbons (Fsp3) is 0.0909. The number of hydrogen-bond acceptors (Lipinski definition) is 3. The highest BCUT2D eigenvalue weighted by atomic mass is 19.1. The molecule has 94 valence electrons. The van der Waals surface area contributed by atoms with Crippen LogP contribution < -0.4 is 5.73 Å². The summed E-state index contributed by atoms with van der Waals surface area (Å²) in [5, 5.41) is 12.5. The van der Waals surface area contributed by atoms with Crippen LogP contribution in [0.25, 0.3) is 11.3 Å². The van der Waals surface area contributed by atoms with Crippen molar-refractivity contribution in [3.63, 3.8) is 0 Å². The molecule has 0 atom stereocenters. The second-order valence-corrected chi connectivity index (χ2v) is 3.70. The van der Waals surface area contributed by atoms with E-state index in [0.717, 1.165) is 12.1 Å². The number of nitrogen functional groups attached to an aromatic ring is 1. The Bertz CT molecular complexity index is 595. The highest BCUT2D eigenvalue weighted by Crippen LogP contribution is 2.27. The lowest BCUT2D eigenvalue weighted by atomic mass is 10.1. The average molecular weight is 253 g/mol. The van der Waals surface area contributed by atoms with Crippen LogP contribution in [0.15, 0.2) is 18.2 Å². The molecular weight excluding hydrogens is 244 g/mol. The van der Waals surface area contributed by atoms with E-state index < -0.39 is 28.7 Å². The minimum Gasteiger partial charge on any atom is -0.478 e. The molecule has 1 aromatic carbocycles. The van der Waals surface area contributed by atoms with Crippen molar-refractivity contribution >= 4 is 11.8 Å². The molecule has 0 aliphatic carbocycles. The number of nitrogens with zero attached hydrogens (tertiary/aromatic N) is 2. The zero-order valence-electron chi connectivity index (χ0n) is 9.32. The number of hydrogen-bond donors (Lipinski definition) is 2. The van der Waals surface area contributed by atoms with Crippen molar-refractivity contribution in [1.29, 1.82) is 0 Å². The molecule has 1 aromatic heterocycles. The number of carboxylic acid groups (broad SMARTS) is 1. The first kappa shape index (κ1) is 12.0. The van der Waals surface area contributed by atoms with E-state index in [1.54, 1.807) is 0 Å². The Balaban J connectivity index is 2.62. The van der Waals surface area contributed by atoms with Gasteiger partial charge in [0.15, 0.2) is 0 Å². The summed E-state index contributed by atoms with van der Waals surface area (Å²) in [4.78, 5) is 10.6. The van der Waals surface area contributed by atoms with Crippen LogP contribution in [-0.2, 0) is 7.05 Å². The van der Waals surface area contributed by atoms with Crippen molar-refractivity contribution in [2.24, 2.45) is 7.05 Å². The van der Waals surface area contributed by atoms with Gasteiger partial charge in [-0.05, 0) is 12.1 Å². The van der Waals surface area contributed by atoms with Gasteiger partial charge in [-0.2, -0.15) is 5.10 Å². The van der Waals surface area contributed by atoms with Gasteiger partial charge in [-0.1, -0.05) is 0 Å². The molecule has 0 aliphatic rings. The van der Waals surface area contributed by atoms with Gasteiger partial charge in [0.05, 0.1) is 11.1 Å². The Morgan fingerprint density at radius 3 is 2.28 bits per heavy atom. The minimum atomic E-state index is -1.40. The number of carbonyl (C=O) groups is 1. The number of halogens is 2. The second kappa shape index (κ2) is 4.10. The zero-order valence-corrected chi connectivity index (χ0v) is 9.32. The predicted molar refractivity (Wildman–Crippen MR) is 59.9 cm³/mol. The topological polar surface area (TPSA) is 81.1 Å². The van der Waals surface area contributed by atoms with E-state index >= 15 is 0 Å². The van der Waals surface area contributed by atoms with Crippen molar-refractivity contribution in [2.75, 3.05) is 5.73 Å². The molecule has 2 aromatic rings. The van der Waals surface area contributed by atoms with E-state index in [9.17, 15) is 13.6 Å². The lowest BCUT2D eigenvalue weighted by Crippen LogP contribution is -2.01. The summed E-state index contributed by atoms with van der Waals surface area (Å²) in [5.41, 5.74) is 4.68. The number of anilines is 1. The van der Waals surface area contributed by atoms with Gasteiger partial charge in [-0.25, -0.2) is 13.6 Å². The Morgan fingerprint density at radius 1 is 1.33 bits per heavy atom. The number of aryl methyl sites for hydroxylation is 1. The molecule has 18 heavy (non-hydrogen) atoms. The maximum absolute atomic E-state index is 13.7. The van der Waals surface area contributed by atoms with E-state index in [2.05, 4.69) is 5.10 Å². The third-order valence-corrected chi connectivity index (χ3v) is 2.46. The van der Waals surface area contributed by atoms with Crippen LogP contribution >= 0.6 is 0 Å². The summed E-state index contributed by atoms with van der Waals surface area (Å²) in [5.74, 6) is -3.15. The highest BCUT2D eigenvalue weighted by molar-refractivity contribution is 5.88. The lowest BCUT2D eigenvalue weighted by Gasteiger charge is -2.03. The molecular formula is C11H9F2N3O2. The van der Waals surface area contributed by atoms with Gasteiger partial charge in [0, 0.05) is 13.1 Å². The standard InChI is InChI=1S/C11H9F2N3O2/c1-16-9(14)4-8(15-16)10-6(12)2-5(11(17)18)3-7(10)13/h2-4H,14H2,1H3,(H,17,18). The van der Waals surface area contributed by atoms with Crippen molar-refractivity contribution in [3.05, 3.63) is 35.4 Å². The van der Waals surface area contributed by atoms with Gasteiger partial charge in [0.25, 0.3) is 0 Å². The van der Waals surface area contributed by atoms with E-state index in [-0.39, 0.29) is 11.5 Å². The lowest BCUT2D eigenvalue weighted by molar-refractivity contribution is 0.0696. The Morgan fingerprint density at radius 2 is 1.89 bits per heavy atom. The number of benzene rings is 1. The normalized spacial score (nSPS) is 10.6. The molecule has 3 N–H and O–H groups in total. The summed E-state index contributed by atoms with van der Waals surface area (Å²) in [7, 11) is 1.53. The molecule has 1 heterocycles. The molecule has 0 unspecified atom stereocenters. The van der Waals surface area contributed by atoms with Gasteiger partial charge >= 0.3 is 5.97 Å². The number of aromatic carboxylic acids is 1. The number of rotatable bonds is 2. The molecule has 0 saturated heterocycles. The van der Waals surface area contributed by atoms with Crippen molar-refractivity contribution < 1.29 is 18.7 Å². The summed E-state index contributed by atoms with van der Waals surface area (Å²) >= 11 is 0. The molecule has 0 radical (unpaired) electrons. The molecule has 0 aliphatic heterocycles. The maximum Gasteiger partial charge on any atom is 0.335 e. The third kappa shape index (κ3) is 1.90. The molecule has 7 heteroatoms. The Hall–Kier alpha value is -2.44. The van der Waals surface area contributed by atoms with Gasteiger partial charge in [-0.15, -0.1) is 0 Å². The first-order valence-electron chi connectivity index (χ1n) is 4.92. The SMILES string of the molecule is Cn1nc(-c2c(F)cc(C(=O)O)cc2F)cc1N. The highest BCUT2D eigenvalue weighted by Gasteiger charge is 2.18. The molecule has 2 rings (SSSR count). The zero-order chi connectivity index (χ0) is 13.4. The van der Waals surface area contributed by atoms with Crippen molar-refractivity contribution in [2.45, 2.75) is 0 Å². The first-order chi connectivity index (χ1) is 8.40. The van der Waals surface area contributed by atoms with Gasteiger partial charge in [0.2, 0.25) is 0 Å². The van der Waals surface area contributed by atoms with Gasteiger partial charge in [-0.3, -0.25) is 4.68 Å².